The van der Waals surface area contributed by atoms with Crippen LogP contribution in [-0.4, -0.2) is 25.8 Å². The van der Waals surface area contributed by atoms with Crippen LogP contribution in [0.25, 0.3) is 0 Å². The Morgan fingerprint density at radius 3 is 2.38 bits per heavy atom. The molecule has 0 saturated carbocycles. The van der Waals surface area contributed by atoms with Crippen LogP contribution in [0.3, 0.4) is 0 Å². The number of carbonyl (C=O) groups excluding carboxylic acids is 1. The van der Waals surface area contributed by atoms with Gasteiger partial charge < -0.3 is 14.2 Å². The Morgan fingerprint density at radius 1 is 1.00 bits per heavy atom. The zero-order chi connectivity index (χ0) is 22.9. The number of carbonyl (C=O) groups is 1. The number of benzene rings is 3. The van der Waals surface area contributed by atoms with Crippen molar-refractivity contribution in [3.63, 3.8) is 0 Å². The van der Waals surface area contributed by atoms with Gasteiger partial charge >= 0.3 is 0 Å². The lowest BCUT2D eigenvalue weighted by molar-refractivity contribution is 0.0954. The van der Waals surface area contributed by atoms with E-state index in [0.717, 1.165) is 20.1 Å². The zero-order valence-electron chi connectivity index (χ0n) is 17.6. The fourth-order valence-corrected chi connectivity index (χ4v) is 4.29. The summed E-state index contributed by atoms with van der Waals surface area (Å²) < 4.78 is 18.2. The van der Waals surface area contributed by atoms with Crippen LogP contribution in [0.2, 0.25) is 0 Å². The van der Waals surface area contributed by atoms with Gasteiger partial charge in [0.05, 0.1) is 28.9 Å². The summed E-state index contributed by atoms with van der Waals surface area (Å²) in [6, 6.07) is 18.6. The Bertz CT molecular complexity index is 1080. The van der Waals surface area contributed by atoms with E-state index in [-0.39, 0.29) is 5.91 Å². The second-order valence-electron chi connectivity index (χ2n) is 6.59. The molecule has 3 aromatic carbocycles. The van der Waals surface area contributed by atoms with Gasteiger partial charge in [-0.25, -0.2) is 5.43 Å². The van der Waals surface area contributed by atoms with Gasteiger partial charge in [0.25, 0.3) is 5.91 Å². The van der Waals surface area contributed by atoms with E-state index >= 15 is 0 Å². The fraction of sp³-hybridized carbons (Fsp3) is 0.167. The second kappa shape index (κ2) is 11.7. The maximum atomic E-state index is 12.4. The highest BCUT2D eigenvalue weighted by Crippen LogP contribution is 2.35. The lowest BCUT2D eigenvalue weighted by Crippen LogP contribution is -2.17. The Morgan fingerprint density at radius 2 is 1.72 bits per heavy atom. The summed E-state index contributed by atoms with van der Waals surface area (Å²) in [6.45, 7) is 2.84. The first-order chi connectivity index (χ1) is 15.5. The number of nitrogens with zero attached hydrogens (tertiary/aromatic N) is 1. The van der Waals surface area contributed by atoms with Crippen molar-refractivity contribution in [2.45, 2.75) is 13.5 Å². The van der Waals surface area contributed by atoms with Crippen molar-refractivity contribution in [1.82, 2.24) is 5.43 Å². The van der Waals surface area contributed by atoms with Gasteiger partial charge in [-0.05, 0) is 80.2 Å². The van der Waals surface area contributed by atoms with Crippen LogP contribution in [0.1, 0.15) is 28.4 Å². The Kier molecular flexibility index (Phi) is 8.70. The molecule has 1 N–H and O–H groups in total. The smallest absolute Gasteiger partial charge is 0.271 e. The third kappa shape index (κ3) is 6.34. The molecule has 0 aliphatic carbocycles. The molecule has 0 aliphatic rings. The van der Waals surface area contributed by atoms with E-state index in [4.69, 9.17) is 14.2 Å². The monoisotopic (exact) mass is 560 g/mol. The average molecular weight is 562 g/mol. The molecule has 0 saturated heterocycles. The molecule has 0 spiro atoms. The SMILES string of the molecule is CCOc1ccc(C(=O)N/N=C/c2cc(Br)c(OCc3ccccc3)c(Br)c2)cc1OC. The lowest BCUT2D eigenvalue weighted by atomic mass is 10.2. The molecule has 3 rings (SSSR count). The average Bonchev–Trinajstić information content (AvgIpc) is 2.79. The quantitative estimate of drug-likeness (QED) is 0.258. The number of hydrogen-bond acceptors (Lipinski definition) is 5. The van der Waals surface area contributed by atoms with Crippen molar-refractivity contribution < 1.29 is 19.0 Å². The van der Waals surface area contributed by atoms with E-state index < -0.39 is 0 Å². The summed E-state index contributed by atoms with van der Waals surface area (Å²) in [5.41, 5.74) is 4.79. The van der Waals surface area contributed by atoms with Crippen molar-refractivity contribution in [1.29, 1.82) is 0 Å². The minimum atomic E-state index is -0.358. The third-order valence-electron chi connectivity index (χ3n) is 4.35. The maximum absolute atomic E-state index is 12.4. The van der Waals surface area contributed by atoms with Crippen LogP contribution in [0, 0.1) is 0 Å². The molecule has 0 aliphatic heterocycles. The Hall–Kier alpha value is -2.84. The summed E-state index contributed by atoms with van der Waals surface area (Å²) in [7, 11) is 1.53. The summed E-state index contributed by atoms with van der Waals surface area (Å²) in [5.74, 6) is 1.40. The van der Waals surface area contributed by atoms with Crippen LogP contribution < -0.4 is 19.6 Å². The molecule has 0 radical (unpaired) electrons. The molecule has 166 valence electrons. The number of methoxy groups -OCH3 is 1. The Balaban J connectivity index is 1.64. The molecule has 8 heteroatoms. The van der Waals surface area contributed by atoms with Gasteiger partial charge in [0.1, 0.15) is 12.4 Å². The molecule has 0 aromatic heterocycles. The zero-order valence-corrected chi connectivity index (χ0v) is 20.8. The molecule has 1 amide bonds. The van der Waals surface area contributed by atoms with E-state index in [9.17, 15) is 4.79 Å². The first-order valence-electron chi connectivity index (χ1n) is 9.81. The normalized spacial score (nSPS) is 10.8. The van der Waals surface area contributed by atoms with Crippen molar-refractivity contribution >= 4 is 44.0 Å². The molecule has 6 nitrogen and oxygen atoms in total. The second-order valence-corrected chi connectivity index (χ2v) is 8.29. The summed E-state index contributed by atoms with van der Waals surface area (Å²) >= 11 is 7.07. The third-order valence-corrected chi connectivity index (χ3v) is 5.53. The molecule has 0 unspecified atom stereocenters. The van der Waals surface area contributed by atoms with Crippen molar-refractivity contribution in [3.8, 4) is 17.2 Å². The van der Waals surface area contributed by atoms with Gasteiger partial charge in [-0.15, -0.1) is 0 Å². The van der Waals surface area contributed by atoms with Crippen LogP contribution in [-0.2, 0) is 6.61 Å². The highest BCUT2D eigenvalue weighted by Gasteiger charge is 2.11. The van der Waals surface area contributed by atoms with Crippen LogP contribution in [0.15, 0.2) is 74.7 Å². The standard InChI is InChI=1S/C24H22Br2N2O4/c1-3-31-21-10-9-18(13-22(21)30-2)24(29)28-27-14-17-11-19(25)23(20(26)12-17)32-15-16-7-5-4-6-8-16/h4-14H,3,15H2,1-2H3,(H,28,29)/b27-14+. The van der Waals surface area contributed by atoms with Crippen molar-refractivity contribution in [3.05, 3.63) is 86.3 Å². The number of nitrogens with one attached hydrogen (secondary N) is 1. The summed E-state index contributed by atoms with van der Waals surface area (Å²) in [6.07, 6.45) is 1.56. The van der Waals surface area contributed by atoms with Crippen LogP contribution >= 0.6 is 31.9 Å². The number of ether oxygens (including phenoxy) is 3. The van der Waals surface area contributed by atoms with Gasteiger partial charge in [-0.2, -0.15) is 5.10 Å². The maximum Gasteiger partial charge on any atom is 0.271 e. The van der Waals surface area contributed by atoms with Gasteiger partial charge in [0.2, 0.25) is 0 Å². The number of rotatable bonds is 9. The van der Waals surface area contributed by atoms with Gasteiger partial charge in [-0.3, -0.25) is 4.79 Å². The molecular weight excluding hydrogens is 540 g/mol. The minimum Gasteiger partial charge on any atom is -0.493 e. The molecular formula is C24H22Br2N2O4. The topological polar surface area (TPSA) is 69.2 Å². The highest BCUT2D eigenvalue weighted by molar-refractivity contribution is 9.11. The largest absolute Gasteiger partial charge is 0.493 e. The predicted octanol–water partition coefficient (Wildman–Crippen LogP) is 5.96. The fourth-order valence-electron chi connectivity index (χ4n) is 2.84. The van der Waals surface area contributed by atoms with Crippen molar-refractivity contribution in [2.24, 2.45) is 5.10 Å². The van der Waals surface area contributed by atoms with Gasteiger partial charge in [-0.1, -0.05) is 30.3 Å². The van der Waals surface area contributed by atoms with E-state index in [1.165, 1.54) is 7.11 Å². The molecule has 0 bridgehead atoms. The van der Waals surface area contributed by atoms with Gasteiger partial charge in [0, 0.05) is 5.56 Å². The van der Waals surface area contributed by atoms with E-state index in [2.05, 4.69) is 42.4 Å². The van der Waals surface area contributed by atoms with E-state index in [0.29, 0.717) is 36.0 Å². The van der Waals surface area contributed by atoms with Crippen molar-refractivity contribution in [2.75, 3.05) is 13.7 Å². The van der Waals surface area contributed by atoms with E-state index in [1.54, 1.807) is 24.4 Å². The van der Waals surface area contributed by atoms with Crippen LogP contribution in [0.4, 0.5) is 0 Å². The Labute approximate surface area is 203 Å². The molecule has 0 heterocycles. The number of amides is 1. The predicted molar refractivity (Wildman–Crippen MR) is 132 cm³/mol. The first-order valence-corrected chi connectivity index (χ1v) is 11.4. The van der Waals surface area contributed by atoms with Gasteiger partial charge in [0.15, 0.2) is 11.5 Å². The minimum absolute atomic E-state index is 0.358. The number of hydrogen-bond donors (Lipinski definition) is 1. The first kappa shape index (κ1) is 23.8. The highest BCUT2D eigenvalue weighted by atomic mass is 79.9. The molecule has 3 aromatic rings. The van der Waals surface area contributed by atoms with E-state index in [1.807, 2.05) is 49.4 Å². The number of halogens is 2. The van der Waals surface area contributed by atoms with Crippen LogP contribution in [0.5, 0.6) is 17.2 Å². The molecule has 0 atom stereocenters. The lowest BCUT2D eigenvalue weighted by Gasteiger charge is -2.11. The summed E-state index contributed by atoms with van der Waals surface area (Å²) in [5, 5.41) is 4.06. The number of hydrazone groups is 1. The summed E-state index contributed by atoms with van der Waals surface area (Å²) in [4.78, 5) is 12.4. The molecule has 0 fully saturated rings. The molecule has 32 heavy (non-hydrogen) atoms.